The van der Waals surface area contributed by atoms with E-state index in [1.807, 2.05) is 0 Å². The molecule has 0 radical (unpaired) electrons. The van der Waals surface area contributed by atoms with Gasteiger partial charge < -0.3 is 5.32 Å². The summed E-state index contributed by atoms with van der Waals surface area (Å²) in [6, 6.07) is 5.59. The van der Waals surface area contributed by atoms with Crippen LogP contribution in [0, 0.1) is 34.5 Å². The predicted octanol–water partition coefficient (Wildman–Crippen LogP) is 3.93. The van der Waals surface area contributed by atoms with Crippen molar-refractivity contribution in [2.24, 2.45) is 0 Å². The van der Waals surface area contributed by atoms with Gasteiger partial charge in [-0.2, -0.15) is 0 Å². The Labute approximate surface area is 118 Å². The lowest BCUT2D eigenvalue weighted by Crippen LogP contribution is -2.05. The molecule has 0 aliphatic heterocycles. The lowest BCUT2D eigenvalue weighted by atomic mass is 10.1. The summed E-state index contributed by atoms with van der Waals surface area (Å²) in [6.07, 6.45) is 0. The summed E-state index contributed by atoms with van der Waals surface area (Å²) in [5, 5.41) is 13.3. The normalized spacial score (nSPS) is 10.5. The van der Waals surface area contributed by atoms with Crippen LogP contribution in [0.2, 0.25) is 0 Å². The monoisotopic (exact) mass is 296 g/mol. The van der Waals surface area contributed by atoms with Crippen LogP contribution in [-0.4, -0.2) is 4.92 Å². The SMILES string of the molecule is Cc1ccc(CNc2c(F)cc(F)cc2F)cc1[N+](=O)[O-]. The molecule has 0 heterocycles. The Kier molecular flexibility index (Phi) is 4.11. The van der Waals surface area contributed by atoms with Gasteiger partial charge in [-0.05, 0) is 12.5 Å². The molecule has 4 nitrogen and oxygen atoms in total. The van der Waals surface area contributed by atoms with Crippen LogP contribution in [0.5, 0.6) is 0 Å². The fourth-order valence-corrected chi connectivity index (χ4v) is 1.86. The number of anilines is 1. The first-order chi connectivity index (χ1) is 9.88. The first kappa shape index (κ1) is 14.8. The third-order valence-corrected chi connectivity index (χ3v) is 2.95. The molecule has 21 heavy (non-hydrogen) atoms. The van der Waals surface area contributed by atoms with Gasteiger partial charge in [-0.3, -0.25) is 10.1 Å². The van der Waals surface area contributed by atoms with Crippen molar-refractivity contribution in [3.8, 4) is 0 Å². The van der Waals surface area contributed by atoms with Gasteiger partial charge in [0.2, 0.25) is 0 Å². The molecule has 0 bridgehead atoms. The quantitative estimate of drug-likeness (QED) is 0.687. The third kappa shape index (κ3) is 3.31. The molecule has 2 rings (SSSR count). The minimum absolute atomic E-state index is 0.0272. The molecule has 0 amide bonds. The molecule has 2 aromatic carbocycles. The van der Waals surface area contributed by atoms with Gasteiger partial charge in [0.15, 0.2) is 11.6 Å². The predicted molar refractivity (Wildman–Crippen MR) is 71.5 cm³/mol. The van der Waals surface area contributed by atoms with E-state index < -0.39 is 28.1 Å². The standard InChI is InChI=1S/C14H11F3N2O2/c1-8-2-3-9(4-13(8)19(20)21)7-18-14-11(16)5-10(15)6-12(14)17/h2-6,18H,7H2,1H3. The van der Waals surface area contributed by atoms with Crippen LogP contribution in [0.25, 0.3) is 0 Å². The van der Waals surface area contributed by atoms with Crippen molar-refractivity contribution in [1.29, 1.82) is 0 Å². The summed E-state index contributed by atoms with van der Waals surface area (Å²) < 4.78 is 39.6. The molecular weight excluding hydrogens is 285 g/mol. The minimum atomic E-state index is -1.06. The van der Waals surface area contributed by atoms with E-state index in [2.05, 4.69) is 5.32 Å². The van der Waals surface area contributed by atoms with E-state index in [1.165, 1.54) is 6.07 Å². The van der Waals surface area contributed by atoms with Gasteiger partial charge >= 0.3 is 0 Å². The maximum atomic E-state index is 13.4. The summed E-state index contributed by atoms with van der Waals surface area (Å²) in [6.45, 7) is 1.56. The van der Waals surface area contributed by atoms with Crippen molar-refractivity contribution >= 4 is 11.4 Å². The van der Waals surface area contributed by atoms with Crippen molar-refractivity contribution in [3.63, 3.8) is 0 Å². The van der Waals surface area contributed by atoms with Crippen LogP contribution in [0.15, 0.2) is 30.3 Å². The zero-order chi connectivity index (χ0) is 15.6. The topological polar surface area (TPSA) is 55.2 Å². The Morgan fingerprint density at radius 2 is 1.76 bits per heavy atom. The van der Waals surface area contributed by atoms with E-state index in [4.69, 9.17) is 0 Å². The summed E-state index contributed by atoms with van der Waals surface area (Å²) >= 11 is 0. The van der Waals surface area contributed by atoms with Gasteiger partial charge in [-0.25, -0.2) is 13.2 Å². The Morgan fingerprint density at radius 3 is 2.33 bits per heavy atom. The van der Waals surface area contributed by atoms with Gasteiger partial charge in [-0.1, -0.05) is 12.1 Å². The molecule has 0 fully saturated rings. The van der Waals surface area contributed by atoms with E-state index >= 15 is 0 Å². The van der Waals surface area contributed by atoms with Gasteiger partial charge in [0.1, 0.15) is 11.5 Å². The number of rotatable bonds is 4. The molecule has 7 heteroatoms. The molecule has 0 saturated heterocycles. The number of benzene rings is 2. The zero-order valence-electron chi connectivity index (χ0n) is 11.0. The molecular formula is C14H11F3N2O2. The van der Waals surface area contributed by atoms with Crippen LogP contribution >= 0.6 is 0 Å². The van der Waals surface area contributed by atoms with Crippen LogP contribution in [0.3, 0.4) is 0 Å². The van der Waals surface area contributed by atoms with Gasteiger partial charge in [0.05, 0.1) is 4.92 Å². The maximum absolute atomic E-state index is 13.4. The molecule has 0 aliphatic rings. The highest BCUT2D eigenvalue weighted by Crippen LogP contribution is 2.23. The largest absolute Gasteiger partial charge is 0.376 e. The first-order valence-corrected chi connectivity index (χ1v) is 6.01. The molecule has 0 spiro atoms. The number of nitro benzene ring substituents is 1. The fourth-order valence-electron chi connectivity index (χ4n) is 1.86. The number of hydrogen-bond donors (Lipinski definition) is 1. The minimum Gasteiger partial charge on any atom is -0.376 e. The van der Waals surface area contributed by atoms with Crippen molar-refractivity contribution in [3.05, 3.63) is 69.0 Å². The van der Waals surface area contributed by atoms with E-state index in [1.54, 1.807) is 19.1 Å². The molecule has 0 unspecified atom stereocenters. The van der Waals surface area contributed by atoms with E-state index in [9.17, 15) is 23.3 Å². The van der Waals surface area contributed by atoms with Crippen molar-refractivity contribution in [1.82, 2.24) is 0 Å². The smallest absolute Gasteiger partial charge is 0.272 e. The number of aryl methyl sites for hydroxylation is 1. The van der Waals surface area contributed by atoms with E-state index in [-0.39, 0.29) is 12.2 Å². The summed E-state index contributed by atoms with van der Waals surface area (Å²) in [5.41, 5.74) is 0.423. The van der Waals surface area contributed by atoms with Crippen LogP contribution in [-0.2, 0) is 6.54 Å². The second-order valence-corrected chi connectivity index (χ2v) is 4.48. The van der Waals surface area contributed by atoms with Crippen LogP contribution in [0.1, 0.15) is 11.1 Å². The number of nitrogens with one attached hydrogen (secondary N) is 1. The fraction of sp³-hybridized carbons (Fsp3) is 0.143. The van der Waals surface area contributed by atoms with E-state index in [0.717, 1.165) is 0 Å². The highest BCUT2D eigenvalue weighted by molar-refractivity contribution is 5.48. The molecule has 110 valence electrons. The Hall–Kier alpha value is -2.57. The van der Waals surface area contributed by atoms with E-state index in [0.29, 0.717) is 23.3 Å². The first-order valence-electron chi connectivity index (χ1n) is 6.01. The maximum Gasteiger partial charge on any atom is 0.272 e. The van der Waals surface area contributed by atoms with Crippen molar-refractivity contribution < 1.29 is 18.1 Å². The number of nitro groups is 1. The third-order valence-electron chi connectivity index (χ3n) is 2.95. The van der Waals surface area contributed by atoms with Crippen LogP contribution in [0.4, 0.5) is 24.5 Å². The molecule has 2 aromatic rings. The molecule has 0 atom stereocenters. The molecule has 0 saturated carbocycles. The van der Waals surface area contributed by atoms with Gasteiger partial charge in [0.25, 0.3) is 5.69 Å². The lowest BCUT2D eigenvalue weighted by molar-refractivity contribution is -0.385. The van der Waals surface area contributed by atoms with Crippen molar-refractivity contribution in [2.45, 2.75) is 13.5 Å². The highest BCUT2D eigenvalue weighted by atomic mass is 19.1. The Bertz CT molecular complexity index is 682. The number of nitrogens with zero attached hydrogens (tertiary/aromatic N) is 1. The van der Waals surface area contributed by atoms with Gasteiger partial charge in [-0.15, -0.1) is 0 Å². The average Bonchev–Trinajstić information content (AvgIpc) is 2.38. The molecule has 0 aromatic heterocycles. The number of hydrogen-bond acceptors (Lipinski definition) is 3. The Morgan fingerprint density at radius 1 is 1.14 bits per heavy atom. The molecule has 1 N–H and O–H groups in total. The van der Waals surface area contributed by atoms with Crippen LogP contribution < -0.4 is 5.32 Å². The zero-order valence-corrected chi connectivity index (χ0v) is 11.0. The average molecular weight is 296 g/mol. The Balaban J connectivity index is 2.21. The summed E-state index contributed by atoms with van der Waals surface area (Å²) in [7, 11) is 0. The number of halogens is 3. The second-order valence-electron chi connectivity index (χ2n) is 4.48. The van der Waals surface area contributed by atoms with Crippen molar-refractivity contribution in [2.75, 3.05) is 5.32 Å². The molecule has 0 aliphatic carbocycles. The van der Waals surface area contributed by atoms with Gasteiger partial charge in [0, 0.05) is 30.3 Å². The highest BCUT2D eigenvalue weighted by Gasteiger charge is 2.13. The summed E-state index contributed by atoms with van der Waals surface area (Å²) in [5.74, 6) is -3.13. The summed E-state index contributed by atoms with van der Waals surface area (Å²) in [4.78, 5) is 10.3. The second kappa shape index (κ2) is 5.82. The lowest BCUT2D eigenvalue weighted by Gasteiger charge is -2.09.